The van der Waals surface area contributed by atoms with Crippen molar-refractivity contribution in [2.75, 3.05) is 20.3 Å². The number of alkyl carbamates (subject to hydrolysis) is 1. The van der Waals surface area contributed by atoms with Gasteiger partial charge < -0.3 is 25.2 Å². The van der Waals surface area contributed by atoms with Crippen LogP contribution >= 0.6 is 0 Å². The van der Waals surface area contributed by atoms with E-state index in [4.69, 9.17) is 14.6 Å². The molecule has 0 saturated heterocycles. The van der Waals surface area contributed by atoms with Gasteiger partial charge in [-0.05, 0) is 47.9 Å². The minimum absolute atomic E-state index is 0.0763. The molecule has 1 aliphatic rings. The van der Waals surface area contributed by atoms with E-state index in [1.165, 1.54) is 7.11 Å². The second-order valence-corrected chi connectivity index (χ2v) is 9.01. The molecule has 3 unspecified atom stereocenters. The van der Waals surface area contributed by atoms with Crippen molar-refractivity contribution in [2.24, 2.45) is 5.92 Å². The summed E-state index contributed by atoms with van der Waals surface area (Å²) in [5.41, 5.74) is 4.50. The van der Waals surface area contributed by atoms with Crippen LogP contribution in [0.2, 0.25) is 0 Å². The van der Waals surface area contributed by atoms with E-state index < -0.39 is 24.2 Å². The van der Waals surface area contributed by atoms with Gasteiger partial charge >= 0.3 is 12.1 Å². The summed E-state index contributed by atoms with van der Waals surface area (Å²) in [6.07, 6.45) is 0.0201. The highest BCUT2D eigenvalue weighted by atomic mass is 16.5. The van der Waals surface area contributed by atoms with Gasteiger partial charge in [-0.25, -0.2) is 4.79 Å². The molecule has 2 aromatic carbocycles. The number of carboxylic acid groups (broad SMARTS) is 1. The SMILES string of the molecule is COC(C)C(NC(=O)OCC1c2ccccc2-c2ccccc21)C(=O)NCCC(C)CCC(=O)O. The predicted octanol–water partition coefficient (Wildman–Crippen LogP) is 3.94. The maximum atomic E-state index is 12.8. The molecular formula is C27H34N2O6. The highest BCUT2D eigenvalue weighted by Crippen LogP contribution is 2.44. The second kappa shape index (κ2) is 12.4. The quantitative estimate of drug-likeness (QED) is 0.422. The Morgan fingerprint density at radius 1 is 0.971 bits per heavy atom. The minimum atomic E-state index is -0.926. The lowest BCUT2D eigenvalue weighted by Crippen LogP contribution is -2.53. The zero-order valence-corrected chi connectivity index (χ0v) is 20.5. The number of ether oxygens (including phenoxy) is 2. The largest absolute Gasteiger partial charge is 0.481 e. The Hall–Kier alpha value is -3.39. The first-order chi connectivity index (χ1) is 16.8. The maximum Gasteiger partial charge on any atom is 0.407 e. The number of hydrogen-bond acceptors (Lipinski definition) is 5. The average molecular weight is 483 g/mol. The predicted molar refractivity (Wildman–Crippen MR) is 132 cm³/mol. The van der Waals surface area contributed by atoms with Crippen molar-refractivity contribution in [3.8, 4) is 11.1 Å². The highest BCUT2D eigenvalue weighted by molar-refractivity contribution is 5.86. The number of aliphatic carboxylic acids is 1. The molecule has 0 heterocycles. The van der Waals surface area contributed by atoms with Crippen molar-refractivity contribution in [3.63, 3.8) is 0 Å². The Balaban J connectivity index is 1.55. The van der Waals surface area contributed by atoms with Crippen LogP contribution in [0.25, 0.3) is 11.1 Å². The monoisotopic (exact) mass is 482 g/mol. The number of hydrogen-bond donors (Lipinski definition) is 3. The van der Waals surface area contributed by atoms with Gasteiger partial charge in [0.05, 0.1) is 6.10 Å². The molecule has 1 aliphatic carbocycles. The van der Waals surface area contributed by atoms with Gasteiger partial charge in [0, 0.05) is 26.0 Å². The van der Waals surface area contributed by atoms with Gasteiger partial charge in [0.25, 0.3) is 0 Å². The third-order valence-corrected chi connectivity index (χ3v) is 6.53. The van der Waals surface area contributed by atoms with E-state index in [2.05, 4.69) is 22.8 Å². The zero-order chi connectivity index (χ0) is 25.4. The van der Waals surface area contributed by atoms with Crippen molar-refractivity contribution in [3.05, 3.63) is 59.7 Å². The maximum absolute atomic E-state index is 12.8. The summed E-state index contributed by atoms with van der Waals surface area (Å²) >= 11 is 0. The van der Waals surface area contributed by atoms with E-state index in [0.29, 0.717) is 19.4 Å². The summed E-state index contributed by atoms with van der Waals surface area (Å²) in [5, 5.41) is 14.2. The fourth-order valence-corrected chi connectivity index (χ4v) is 4.37. The average Bonchev–Trinajstić information content (AvgIpc) is 3.18. The standard InChI is InChI=1S/C27H34N2O6/c1-17(12-13-24(30)31)14-15-28-26(32)25(18(2)34-3)29-27(33)35-16-23-21-10-6-4-8-19(21)20-9-5-7-11-22(20)23/h4-11,17-18,23,25H,12-16H2,1-3H3,(H,28,32)(H,29,33)(H,30,31). The summed E-state index contributed by atoms with van der Waals surface area (Å²) in [5.74, 6) is -1.13. The van der Waals surface area contributed by atoms with Crippen LogP contribution in [0.3, 0.4) is 0 Å². The number of carbonyl (C=O) groups is 3. The molecule has 0 aromatic heterocycles. The fraction of sp³-hybridized carbons (Fsp3) is 0.444. The third-order valence-electron chi connectivity index (χ3n) is 6.53. The molecule has 35 heavy (non-hydrogen) atoms. The van der Waals surface area contributed by atoms with Crippen LogP contribution < -0.4 is 10.6 Å². The van der Waals surface area contributed by atoms with Crippen LogP contribution in [0.1, 0.15) is 50.2 Å². The van der Waals surface area contributed by atoms with E-state index >= 15 is 0 Å². The van der Waals surface area contributed by atoms with Crippen molar-refractivity contribution >= 4 is 18.0 Å². The molecule has 0 bridgehead atoms. The lowest BCUT2D eigenvalue weighted by atomic mass is 9.98. The molecule has 2 aromatic rings. The van der Waals surface area contributed by atoms with Crippen molar-refractivity contribution in [1.29, 1.82) is 0 Å². The molecule has 3 N–H and O–H groups in total. The second-order valence-electron chi connectivity index (χ2n) is 9.01. The van der Waals surface area contributed by atoms with Gasteiger partial charge in [-0.2, -0.15) is 0 Å². The Kier molecular flexibility index (Phi) is 9.25. The minimum Gasteiger partial charge on any atom is -0.481 e. The van der Waals surface area contributed by atoms with E-state index in [9.17, 15) is 14.4 Å². The summed E-state index contributed by atoms with van der Waals surface area (Å²) in [7, 11) is 1.47. The van der Waals surface area contributed by atoms with E-state index in [1.54, 1.807) is 6.92 Å². The number of carbonyl (C=O) groups excluding carboxylic acids is 2. The lowest BCUT2D eigenvalue weighted by molar-refractivity contribution is -0.137. The number of nitrogens with one attached hydrogen (secondary N) is 2. The van der Waals surface area contributed by atoms with Gasteiger partial charge in [-0.3, -0.25) is 9.59 Å². The molecule has 8 nitrogen and oxygen atoms in total. The van der Waals surface area contributed by atoms with Crippen LogP contribution in [-0.2, 0) is 19.1 Å². The fourth-order valence-electron chi connectivity index (χ4n) is 4.37. The van der Waals surface area contributed by atoms with Gasteiger partial charge in [0.15, 0.2) is 0 Å². The first-order valence-electron chi connectivity index (χ1n) is 12.0. The molecule has 0 saturated carbocycles. The number of benzene rings is 2. The van der Waals surface area contributed by atoms with E-state index in [1.807, 2.05) is 43.3 Å². The molecule has 3 rings (SSSR count). The van der Waals surface area contributed by atoms with Crippen molar-refractivity contribution in [2.45, 2.75) is 51.2 Å². The Bertz CT molecular complexity index is 994. The molecule has 8 heteroatoms. The number of amides is 2. The number of fused-ring (bicyclic) bond motifs is 3. The van der Waals surface area contributed by atoms with Crippen molar-refractivity contribution < 1.29 is 29.0 Å². The normalized spacial score (nSPS) is 14.8. The first kappa shape index (κ1) is 26.2. The van der Waals surface area contributed by atoms with Gasteiger partial charge in [0.2, 0.25) is 5.91 Å². The Morgan fingerprint density at radius 3 is 2.14 bits per heavy atom. The number of rotatable bonds is 12. The molecule has 0 fully saturated rings. The van der Waals surface area contributed by atoms with Gasteiger partial charge in [0.1, 0.15) is 12.6 Å². The summed E-state index contributed by atoms with van der Waals surface area (Å²) in [6, 6.07) is 15.2. The molecule has 0 radical (unpaired) electrons. The lowest BCUT2D eigenvalue weighted by Gasteiger charge is -2.24. The van der Waals surface area contributed by atoms with Crippen LogP contribution in [-0.4, -0.2) is 55.5 Å². The molecule has 2 amide bonds. The highest BCUT2D eigenvalue weighted by Gasteiger charge is 2.31. The summed E-state index contributed by atoms with van der Waals surface area (Å²) < 4.78 is 10.9. The Labute approximate surface area is 206 Å². The zero-order valence-electron chi connectivity index (χ0n) is 20.5. The summed E-state index contributed by atoms with van der Waals surface area (Å²) in [6.45, 7) is 4.17. The molecule has 188 valence electrons. The first-order valence-corrected chi connectivity index (χ1v) is 12.0. The van der Waals surface area contributed by atoms with Crippen LogP contribution in [0.15, 0.2) is 48.5 Å². The Morgan fingerprint density at radius 2 is 1.57 bits per heavy atom. The number of methoxy groups -OCH3 is 1. The third kappa shape index (κ3) is 6.82. The topological polar surface area (TPSA) is 114 Å². The molecule has 3 atom stereocenters. The van der Waals surface area contributed by atoms with E-state index in [0.717, 1.165) is 22.3 Å². The van der Waals surface area contributed by atoms with Gasteiger partial charge in [-0.1, -0.05) is 55.5 Å². The van der Waals surface area contributed by atoms with Crippen LogP contribution in [0.4, 0.5) is 4.79 Å². The van der Waals surface area contributed by atoms with Gasteiger partial charge in [-0.15, -0.1) is 0 Å². The van der Waals surface area contributed by atoms with E-state index in [-0.39, 0.29) is 30.8 Å². The van der Waals surface area contributed by atoms with Crippen LogP contribution in [0.5, 0.6) is 0 Å². The number of carboxylic acids is 1. The summed E-state index contributed by atoms with van der Waals surface area (Å²) in [4.78, 5) is 36.1. The van der Waals surface area contributed by atoms with Crippen molar-refractivity contribution in [1.82, 2.24) is 10.6 Å². The van der Waals surface area contributed by atoms with Crippen LogP contribution in [0, 0.1) is 5.92 Å². The molecule has 0 spiro atoms. The molecule has 0 aliphatic heterocycles. The smallest absolute Gasteiger partial charge is 0.407 e. The molecular weight excluding hydrogens is 448 g/mol.